The number of likely N-dealkylation sites (tertiary alicyclic amines) is 1. The van der Waals surface area contributed by atoms with Gasteiger partial charge in [-0.1, -0.05) is 12.1 Å². The number of carboxylic acids is 1. The van der Waals surface area contributed by atoms with Gasteiger partial charge in [-0.3, -0.25) is 4.79 Å². The normalized spacial score (nSPS) is 21.3. The van der Waals surface area contributed by atoms with Crippen LogP contribution in [0.25, 0.3) is 0 Å². The predicted molar refractivity (Wildman–Crippen MR) is 75.4 cm³/mol. The number of nitrogens with zero attached hydrogens (tertiary/aromatic N) is 1. The third-order valence-electron chi connectivity index (χ3n) is 3.86. The molecule has 1 atom stereocenters. The first kappa shape index (κ1) is 15.3. The van der Waals surface area contributed by atoms with Crippen LogP contribution in [-0.4, -0.2) is 41.6 Å². The van der Waals surface area contributed by atoms with E-state index >= 15 is 0 Å². The third kappa shape index (κ3) is 3.71. The zero-order valence-electron chi connectivity index (χ0n) is 11.9. The molecule has 1 aliphatic rings. The molecule has 1 aromatic carbocycles. The molecular formula is C15H19FN2O3. The molecular weight excluding hydrogens is 275 g/mol. The van der Waals surface area contributed by atoms with E-state index in [-0.39, 0.29) is 18.4 Å². The fraction of sp³-hybridized carbons (Fsp3) is 0.467. The van der Waals surface area contributed by atoms with Crippen molar-refractivity contribution in [3.63, 3.8) is 0 Å². The highest BCUT2D eigenvalue weighted by atomic mass is 19.1. The van der Waals surface area contributed by atoms with Gasteiger partial charge in [-0.2, -0.15) is 0 Å². The number of aliphatic carboxylic acids is 1. The van der Waals surface area contributed by atoms with Gasteiger partial charge in [0.05, 0.1) is 5.41 Å². The number of hydrogen-bond acceptors (Lipinski definition) is 2. The van der Waals surface area contributed by atoms with Crippen LogP contribution in [0, 0.1) is 11.2 Å². The molecule has 1 fully saturated rings. The molecule has 21 heavy (non-hydrogen) atoms. The van der Waals surface area contributed by atoms with Crippen molar-refractivity contribution in [2.45, 2.75) is 19.8 Å². The van der Waals surface area contributed by atoms with Crippen molar-refractivity contribution in [3.05, 3.63) is 35.6 Å². The molecule has 0 aliphatic carbocycles. The van der Waals surface area contributed by atoms with Crippen LogP contribution in [0.15, 0.2) is 24.3 Å². The van der Waals surface area contributed by atoms with Crippen molar-refractivity contribution in [1.29, 1.82) is 0 Å². The molecule has 1 heterocycles. The van der Waals surface area contributed by atoms with E-state index in [9.17, 15) is 14.0 Å². The Kier molecular flexibility index (Phi) is 4.45. The molecule has 5 nitrogen and oxygen atoms in total. The van der Waals surface area contributed by atoms with Crippen molar-refractivity contribution in [1.82, 2.24) is 10.2 Å². The molecule has 0 radical (unpaired) electrons. The average molecular weight is 294 g/mol. The number of halogens is 1. The third-order valence-corrected chi connectivity index (χ3v) is 3.86. The van der Waals surface area contributed by atoms with Crippen molar-refractivity contribution in [3.8, 4) is 0 Å². The minimum absolute atomic E-state index is 0.216. The Labute approximate surface area is 122 Å². The minimum Gasteiger partial charge on any atom is -0.481 e. The molecule has 1 saturated heterocycles. The molecule has 0 bridgehead atoms. The van der Waals surface area contributed by atoms with E-state index in [0.717, 1.165) is 5.56 Å². The Morgan fingerprint density at radius 2 is 2.24 bits per heavy atom. The Balaban J connectivity index is 1.79. The predicted octanol–water partition coefficient (Wildman–Crippen LogP) is 1.87. The summed E-state index contributed by atoms with van der Waals surface area (Å²) < 4.78 is 13.0. The smallest absolute Gasteiger partial charge is 0.317 e. The topological polar surface area (TPSA) is 69.6 Å². The Bertz CT molecular complexity index is 549. The number of hydrogen-bond donors (Lipinski definition) is 2. The van der Waals surface area contributed by atoms with Gasteiger partial charge in [0.15, 0.2) is 0 Å². The van der Waals surface area contributed by atoms with Crippen LogP contribution in [-0.2, 0) is 11.2 Å². The second kappa shape index (κ2) is 6.11. The van der Waals surface area contributed by atoms with Gasteiger partial charge in [-0.05, 0) is 37.5 Å². The van der Waals surface area contributed by atoms with Gasteiger partial charge >= 0.3 is 12.0 Å². The SMILES string of the molecule is CC1(C(=O)O)CCN(C(=O)NCCc2cccc(F)c2)C1. The molecule has 0 spiro atoms. The lowest BCUT2D eigenvalue weighted by atomic mass is 9.90. The van der Waals surface area contributed by atoms with Gasteiger partial charge in [0.2, 0.25) is 0 Å². The number of urea groups is 1. The van der Waals surface area contributed by atoms with Crippen LogP contribution in [0.3, 0.4) is 0 Å². The van der Waals surface area contributed by atoms with E-state index in [2.05, 4.69) is 5.32 Å². The van der Waals surface area contributed by atoms with Crippen LogP contribution >= 0.6 is 0 Å². The van der Waals surface area contributed by atoms with Crippen LogP contribution < -0.4 is 5.32 Å². The largest absolute Gasteiger partial charge is 0.481 e. The highest BCUT2D eigenvalue weighted by Crippen LogP contribution is 2.29. The first-order valence-corrected chi connectivity index (χ1v) is 6.91. The molecule has 1 aromatic rings. The van der Waals surface area contributed by atoms with E-state index in [0.29, 0.717) is 25.9 Å². The maximum Gasteiger partial charge on any atom is 0.317 e. The van der Waals surface area contributed by atoms with Crippen molar-refractivity contribution >= 4 is 12.0 Å². The minimum atomic E-state index is -0.877. The summed E-state index contributed by atoms with van der Waals surface area (Å²) in [5.41, 5.74) is -0.0491. The monoisotopic (exact) mass is 294 g/mol. The van der Waals surface area contributed by atoms with Crippen molar-refractivity contribution in [2.24, 2.45) is 5.41 Å². The lowest BCUT2D eigenvalue weighted by molar-refractivity contribution is -0.146. The van der Waals surface area contributed by atoms with Gasteiger partial charge in [-0.15, -0.1) is 0 Å². The van der Waals surface area contributed by atoms with Crippen molar-refractivity contribution < 1.29 is 19.1 Å². The van der Waals surface area contributed by atoms with Gasteiger partial charge in [0, 0.05) is 19.6 Å². The van der Waals surface area contributed by atoms with Gasteiger partial charge < -0.3 is 15.3 Å². The van der Waals surface area contributed by atoms with Gasteiger partial charge in [-0.25, -0.2) is 9.18 Å². The molecule has 114 valence electrons. The van der Waals surface area contributed by atoms with Crippen LogP contribution in [0.1, 0.15) is 18.9 Å². The lowest BCUT2D eigenvalue weighted by Crippen LogP contribution is -2.41. The fourth-order valence-corrected chi connectivity index (χ4v) is 2.43. The molecule has 2 rings (SSSR count). The Morgan fingerprint density at radius 1 is 1.48 bits per heavy atom. The van der Waals surface area contributed by atoms with E-state index in [1.165, 1.54) is 17.0 Å². The number of carbonyl (C=O) groups is 2. The van der Waals surface area contributed by atoms with E-state index in [1.807, 2.05) is 0 Å². The second-order valence-corrected chi connectivity index (χ2v) is 5.65. The molecule has 2 N–H and O–H groups in total. The standard InChI is InChI=1S/C15H19FN2O3/c1-15(13(19)20)6-8-18(10-15)14(21)17-7-5-11-3-2-4-12(16)9-11/h2-4,9H,5-8,10H2,1H3,(H,17,21)(H,19,20). The van der Waals surface area contributed by atoms with Crippen molar-refractivity contribution in [2.75, 3.05) is 19.6 Å². The molecule has 0 aromatic heterocycles. The van der Waals surface area contributed by atoms with E-state index in [1.54, 1.807) is 19.1 Å². The maximum absolute atomic E-state index is 13.0. The summed E-state index contributed by atoms with van der Waals surface area (Å²) in [5, 5.41) is 11.9. The van der Waals surface area contributed by atoms with Gasteiger partial charge in [0.25, 0.3) is 0 Å². The fourth-order valence-electron chi connectivity index (χ4n) is 2.43. The summed E-state index contributed by atoms with van der Waals surface area (Å²) in [6.07, 6.45) is 0.993. The number of carbonyl (C=O) groups excluding carboxylic acids is 1. The summed E-state index contributed by atoms with van der Waals surface area (Å²) in [7, 11) is 0. The van der Waals surface area contributed by atoms with Gasteiger partial charge in [0.1, 0.15) is 5.82 Å². The number of nitrogens with one attached hydrogen (secondary N) is 1. The Hall–Kier alpha value is -2.11. The summed E-state index contributed by atoms with van der Waals surface area (Å²) in [6, 6.07) is 5.97. The molecule has 1 aliphatic heterocycles. The first-order valence-electron chi connectivity index (χ1n) is 6.91. The summed E-state index contributed by atoms with van der Waals surface area (Å²) in [6.45, 7) is 2.70. The number of rotatable bonds is 4. The average Bonchev–Trinajstić information content (AvgIpc) is 2.83. The second-order valence-electron chi connectivity index (χ2n) is 5.65. The summed E-state index contributed by atoms with van der Waals surface area (Å²) >= 11 is 0. The zero-order chi connectivity index (χ0) is 15.5. The number of amides is 2. The first-order chi connectivity index (χ1) is 9.90. The van der Waals surface area contributed by atoms with E-state index < -0.39 is 11.4 Å². The molecule has 0 saturated carbocycles. The van der Waals surface area contributed by atoms with Crippen LogP contribution in [0.2, 0.25) is 0 Å². The number of carboxylic acid groups (broad SMARTS) is 1. The lowest BCUT2D eigenvalue weighted by Gasteiger charge is -2.20. The number of benzene rings is 1. The summed E-state index contributed by atoms with van der Waals surface area (Å²) in [4.78, 5) is 24.6. The van der Waals surface area contributed by atoms with E-state index in [4.69, 9.17) is 5.11 Å². The maximum atomic E-state index is 13.0. The molecule has 2 amide bonds. The van der Waals surface area contributed by atoms with Crippen LogP contribution in [0.4, 0.5) is 9.18 Å². The van der Waals surface area contributed by atoms with Crippen LogP contribution in [0.5, 0.6) is 0 Å². The highest BCUT2D eigenvalue weighted by molar-refractivity contribution is 5.79. The molecule has 1 unspecified atom stereocenters. The Morgan fingerprint density at radius 3 is 2.86 bits per heavy atom. The zero-order valence-corrected chi connectivity index (χ0v) is 11.9. The summed E-state index contributed by atoms with van der Waals surface area (Å²) in [5.74, 6) is -1.17. The highest BCUT2D eigenvalue weighted by Gasteiger charge is 2.42. The molecule has 6 heteroatoms. The quantitative estimate of drug-likeness (QED) is 0.890.